The second-order valence-electron chi connectivity index (χ2n) is 13.3. The number of para-hydroxylation sites is 1. The van der Waals surface area contributed by atoms with Gasteiger partial charge < -0.3 is 14.4 Å². The Morgan fingerprint density at radius 2 is 1.45 bits per heavy atom. The third-order valence-corrected chi connectivity index (χ3v) is 10.1. The van der Waals surface area contributed by atoms with Crippen LogP contribution >= 0.6 is 0 Å². The van der Waals surface area contributed by atoms with Crippen LogP contribution in [0.15, 0.2) is 126 Å². The second kappa shape index (κ2) is 15.2. The van der Waals surface area contributed by atoms with Crippen LogP contribution in [0.25, 0.3) is 44.5 Å². The maximum Gasteiger partial charge on any atom is 0.120 e. The maximum atomic E-state index is 5.89. The van der Waals surface area contributed by atoms with Crippen LogP contribution in [0.3, 0.4) is 0 Å². The van der Waals surface area contributed by atoms with Crippen molar-refractivity contribution < 1.29 is 24.5 Å². The van der Waals surface area contributed by atoms with E-state index in [1.54, 1.807) is 0 Å². The van der Waals surface area contributed by atoms with Gasteiger partial charge in [0.25, 0.3) is 0 Å². The molecule has 5 heteroatoms. The molecule has 0 fully saturated rings. The minimum Gasteiger partial charge on any atom is -0.500 e. The van der Waals surface area contributed by atoms with Gasteiger partial charge in [-0.25, -0.2) is 0 Å². The molecule has 0 amide bonds. The summed E-state index contributed by atoms with van der Waals surface area (Å²) >= 11 is 0. The molecule has 3 nitrogen and oxygen atoms in total. The topological polar surface area (TPSA) is 38.9 Å². The van der Waals surface area contributed by atoms with Gasteiger partial charge in [-0.3, -0.25) is 0 Å². The average molecular weight is 809 g/mol. The van der Waals surface area contributed by atoms with Crippen LogP contribution in [-0.2, 0) is 32.9 Å². The van der Waals surface area contributed by atoms with Crippen molar-refractivity contribution in [3.63, 3.8) is 0 Å². The van der Waals surface area contributed by atoms with E-state index in [1.807, 2.05) is 54.7 Å². The van der Waals surface area contributed by atoms with Gasteiger partial charge in [0, 0.05) is 37.9 Å². The molecule has 0 aliphatic carbocycles. The molecule has 0 saturated heterocycles. The fourth-order valence-corrected chi connectivity index (χ4v) is 7.45. The molecule has 0 bridgehead atoms. The van der Waals surface area contributed by atoms with Gasteiger partial charge in [-0.05, 0) is 58.6 Å². The molecule has 3 aromatic heterocycles. The monoisotopic (exact) mass is 809 g/mol. The molecule has 239 valence electrons. The summed E-state index contributed by atoms with van der Waals surface area (Å²) in [5.41, 5.74) is 9.82. The number of fused-ring (bicyclic) bond motifs is 3. The zero-order chi connectivity index (χ0) is 32.1. The predicted molar refractivity (Wildman–Crippen MR) is 195 cm³/mol. The summed E-state index contributed by atoms with van der Waals surface area (Å²) in [6.45, 7) is 11.7. The van der Waals surface area contributed by atoms with Gasteiger partial charge in [-0.1, -0.05) is 105 Å². The summed E-state index contributed by atoms with van der Waals surface area (Å²) in [6, 6.07) is 43.8. The fraction of sp³-hybridized carbons (Fsp3) is 0.190. The molecule has 3 heterocycles. The molecule has 0 atom stereocenters. The molecule has 0 unspecified atom stereocenters. The quantitative estimate of drug-likeness (QED) is 0.119. The van der Waals surface area contributed by atoms with Gasteiger partial charge in [0.2, 0.25) is 0 Å². The van der Waals surface area contributed by atoms with E-state index in [0.717, 1.165) is 57.3 Å². The Morgan fingerprint density at radius 1 is 0.702 bits per heavy atom. The first-order valence-electron chi connectivity index (χ1n) is 16.0. The molecule has 4 aromatic carbocycles. The van der Waals surface area contributed by atoms with Crippen molar-refractivity contribution >= 4 is 35.2 Å². The maximum absolute atomic E-state index is 5.89. The minimum absolute atomic E-state index is 0. The standard InChI is InChI=1S/C24H16NO.C18H24NSi.Ir/c1-2-6-17(7-3-1)14-18-12-13-25-22(15-18)19-10-11-24-21(16-19)20-8-4-5-9-23(20)26-24;1-14(2)11-16-12-17(15-9-7-6-8-10-15)19-13-18(16)20(3,4)5;/h1-9,11-13,15-16H,14H2;6-9,12-14H,11H2,1-5H3;/q2*-1;. The van der Waals surface area contributed by atoms with Gasteiger partial charge in [-0.2, -0.15) is 0 Å². The Balaban J connectivity index is 0.000000188. The molecule has 0 aliphatic heterocycles. The number of nitrogens with zero attached hydrogens (tertiary/aromatic N) is 2. The van der Waals surface area contributed by atoms with Crippen molar-refractivity contribution in [1.29, 1.82) is 0 Å². The number of aromatic nitrogens is 2. The number of hydrogen-bond donors (Lipinski definition) is 0. The summed E-state index contributed by atoms with van der Waals surface area (Å²) < 4.78 is 5.89. The normalized spacial score (nSPS) is 11.3. The molecule has 0 saturated carbocycles. The van der Waals surface area contributed by atoms with E-state index in [4.69, 9.17) is 4.42 Å². The zero-order valence-electron chi connectivity index (χ0n) is 27.7. The molecular weight excluding hydrogens is 769 g/mol. The van der Waals surface area contributed by atoms with Crippen molar-refractivity contribution in [2.24, 2.45) is 5.92 Å². The third-order valence-electron chi connectivity index (χ3n) is 8.07. The van der Waals surface area contributed by atoms with Crippen molar-refractivity contribution in [2.75, 3.05) is 0 Å². The first kappa shape index (κ1) is 34.2. The number of hydrogen-bond acceptors (Lipinski definition) is 3. The van der Waals surface area contributed by atoms with Crippen LogP contribution in [0, 0.1) is 18.1 Å². The van der Waals surface area contributed by atoms with Gasteiger partial charge in [-0.15, -0.1) is 59.7 Å². The Bertz CT molecular complexity index is 2060. The van der Waals surface area contributed by atoms with Gasteiger partial charge >= 0.3 is 0 Å². The molecule has 0 aliphatic rings. The largest absolute Gasteiger partial charge is 0.500 e. The van der Waals surface area contributed by atoms with Crippen LogP contribution < -0.4 is 5.19 Å². The number of pyridine rings is 2. The smallest absolute Gasteiger partial charge is 0.120 e. The fourth-order valence-electron chi connectivity index (χ4n) is 5.86. The van der Waals surface area contributed by atoms with E-state index in [2.05, 4.69) is 122 Å². The Kier molecular flexibility index (Phi) is 11.0. The number of benzene rings is 4. The molecule has 47 heavy (non-hydrogen) atoms. The summed E-state index contributed by atoms with van der Waals surface area (Å²) in [6.07, 6.45) is 6.01. The van der Waals surface area contributed by atoms with Crippen molar-refractivity contribution in [2.45, 2.75) is 46.3 Å². The van der Waals surface area contributed by atoms with Crippen molar-refractivity contribution in [1.82, 2.24) is 9.97 Å². The first-order chi connectivity index (χ1) is 22.2. The van der Waals surface area contributed by atoms with Crippen LogP contribution in [-0.4, -0.2) is 18.0 Å². The second-order valence-corrected chi connectivity index (χ2v) is 18.3. The van der Waals surface area contributed by atoms with Crippen LogP contribution in [0.1, 0.15) is 30.5 Å². The van der Waals surface area contributed by atoms with E-state index in [0.29, 0.717) is 5.92 Å². The van der Waals surface area contributed by atoms with E-state index >= 15 is 0 Å². The molecule has 0 N–H and O–H groups in total. The Labute approximate surface area is 293 Å². The molecule has 1 radical (unpaired) electrons. The summed E-state index contributed by atoms with van der Waals surface area (Å²) in [5, 5.41) is 3.72. The summed E-state index contributed by atoms with van der Waals surface area (Å²) in [5.74, 6) is 0.667. The van der Waals surface area contributed by atoms with E-state index in [9.17, 15) is 0 Å². The van der Waals surface area contributed by atoms with Gasteiger partial charge in [0.05, 0.1) is 13.7 Å². The molecule has 0 spiro atoms. The van der Waals surface area contributed by atoms with Gasteiger partial charge in [0.1, 0.15) is 5.58 Å². The molecular formula is C42H40IrN2OSi-2. The van der Waals surface area contributed by atoms with Crippen LogP contribution in [0.4, 0.5) is 0 Å². The van der Waals surface area contributed by atoms with Crippen LogP contribution in [0.5, 0.6) is 0 Å². The Morgan fingerprint density at radius 3 is 2.19 bits per heavy atom. The van der Waals surface area contributed by atoms with E-state index < -0.39 is 8.07 Å². The summed E-state index contributed by atoms with van der Waals surface area (Å²) in [7, 11) is -1.34. The van der Waals surface area contributed by atoms with E-state index in [-0.39, 0.29) is 20.1 Å². The van der Waals surface area contributed by atoms with Crippen LogP contribution in [0.2, 0.25) is 19.6 Å². The third kappa shape index (κ3) is 8.42. The Hall–Kier alpha value is -4.15. The van der Waals surface area contributed by atoms with Crippen molar-refractivity contribution in [3.8, 4) is 22.5 Å². The summed E-state index contributed by atoms with van der Waals surface area (Å²) in [4.78, 5) is 9.25. The number of rotatable bonds is 7. The van der Waals surface area contributed by atoms with Gasteiger partial charge in [0.15, 0.2) is 0 Å². The first-order valence-corrected chi connectivity index (χ1v) is 19.5. The molecule has 7 aromatic rings. The SMILES string of the molecule is CC(C)Cc1cc(-c2[c-]cccc2)ncc1[Si](C)(C)C.[Ir].[c-]1cc2oc3ccccc3c2cc1-c1cc(Cc2ccccc2)ccn1. The zero-order valence-corrected chi connectivity index (χ0v) is 31.1. The van der Waals surface area contributed by atoms with Crippen molar-refractivity contribution in [3.05, 3.63) is 150 Å². The number of furan rings is 1. The average Bonchev–Trinajstić information content (AvgIpc) is 3.43. The predicted octanol–water partition coefficient (Wildman–Crippen LogP) is 10.3. The molecule has 7 rings (SSSR count). The minimum atomic E-state index is -1.34. The van der Waals surface area contributed by atoms with E-state index in [1.165, 1.54) is 21.9 Å².